The van der Waals surface area contributed by atoms with Crippen LogP contribution in [0, 0.1) is 5.92 Å². The van der Waals surface area contributed by atoms with Crippen molar-refractivity contribution in [1.29, 1.82) is 0 Å². The number of hydrogen-bond donors (Lipinski definition) is 1. The molecule has 3 rings (SSSR count). The molecule has 0 aromatic carbocycles. The Hall–Kier alpha value is -2.95. The molecule has 1 aliphatic rings. The van der Waals surface area contributed by atoms with Crippen molar-refractivity contribution in [2.45, 2.75) is 77.4 Å². The van der Waals surface area contributed by atoms with Crippen LogP contribution < -0.4 is 0 Å². The SMILES string of the molecule is CC(C)(C)OC(=O)N(CCCC1CC1(C(=O)O)c1cn(-c2nccs2)cn1)C(=O)OC(C)(C)C. The van der Waals surface area contributed by atoms with Crippen LogP contribution in [-0.4, -0.2) is 60.4 Å². The van der Waals surface area contributed by atoms with E-state index in [0.717, 1.165) is 4.90 Å². The van der Waals surface area contributed by atoms with Crippen LogP contribution in [0.2, 0.25) is 0 Å². The third kappa shape index (κ3) is 5.94. The van der Waals surface area contributed by atoms with Gasteiger partial charge in [-0.25, -0.2) is 24.5 Å². The molecule has 11 heteroatoms. The minimum absolute atomic E-state index is 0.0591. The number of carbonyl (C=O) groups is 3. The van der Waals surface area contributed by atoms with E-state index < -0.39 is 34.8 Å². The molecule has 2 heterocycles. The van der Waals surface area contributed by atoms with Crippen molar-refractivity contribution in [2.24, 2.45) is 5.92 Å². The lowest BCUT2D eigenvalue weighted by Crippen LogP contribution is -2.44. The number of carboxylic acids is 1. The zero-order valence-corrected chi connectivity index (χ0v) is 21.2. The monoisotopic (exact) mass is 492 g/mol. The highest BCUT2D eigenvalue weighted by Gasteiger charge is 2.62. The van der Waals surface area contributed by atoms with Crippen molar-refractivity contribution < 1.29 is 29.0 Å². The van der Waals surface area contributed by atoms with Crippen LogP contribution >= 0.6 is 11.3 Å². The molecule has 2 atom stereocenters. The lowest BCUT2D eigenvalue weighted by molar-refractivity contribution is -0.140. The van der Waals surface area contributed by atoms with Gasteiger partial charge in [0, 0.05) is 24.3 Å². The second-order valence-electron chi connectivity index (χ2n) is 10.4. The first-order valence-corrected chi connectivity index (χ1v) is 12.0. The van der Waals surface area contributed by atoms with Gasteiger partial charge in [0.1, 0.15) is 22.9 Å². The molecule has 0 bridgehead atoms. The van der Waals surface area contributed by atoms with Gasteiger partial charge in [-0.2, -0.15) is 0 Å². The highest BCUT2D eigenvalue weighted by molar-refractivity contribution is 7.12. The maximum Gasteiger partial charge on any atom is 0.419 e. The number of aliphatic carboxylic acids is 1. The maximum absolute atomic E-state index is 12.6. The van der Waals surface area contributed by atoms with Gasteiger partial charge >= 0.3 is 18.2 Å². The van der Waals surface area contributed by atoms with Gasteiger partial charge in [0.25, 0.3) is 0 Å². The van der Waals surface area contributed by atoms with Crippen LogP contribution in [-0.2, 0) is 19.7 Å². The van der Waals surface area contributed by atoms with Gasteiger partial charge in [-0.1, -0.05) is 0 Å². The van der Waals surface area contributed by atoms with Gasteiger partial charge in [0.15, 0.2) is 5.13 Å². The van der Waals surface area contributed by atoms with Gasteiger partial charge in [-0.3, -0.25) is 9.36 Å². The first kappa shape index (κ1) is 25.7. The number of ether oxygens (including phenoxy) is 2. The molecule has 186 valence electrons. The van der Waals surface area contributed by atoms with Crippen LogP contribution in [0.4, 0.5) is 9.59 Å². The number of rotatable bonds is 7. The molecular weight excluding hydrogens is 460 g/mol. The van der Waals surface area contributed by atoms with Crippen LogP contribution in [0.15, 0.2) is 24.1 Å². The Morgan fingerprint density at radius 3 is 2.26 bits per heavy atom. The minimum Gasteiger partial charge on any atom is -0.481 e. The van der Waals surface area contributed by atoms with Crippen molar-refractivity contribution in [2.75, 3.05) is 6.54 Å². The fourth-order valence-electron chi connectivity index (χ4n) is 3.75. The summed E-state index contributed by atoms with van der Waals surface area (Å²) >= 11 is 1.43. The number of imide groups is 1. The van der Waals surface area contributed by atoms with Crippen molar-refractivity contribution in [3.63, 3.8) is 0 Å². The molecule has 2 aromatic heterocycles. The van der Waals surface area contributed by atoms with E-state index in [0.29, 0.717) is 30.1 Å². The number of amides is 2. The molecule has 0 spiro atoms. The fourth-order valence-corrected chi connectivity index (χ4v) is 4.34. The molecule has 2 amide bonds. The van der Waals surface area contributed by atoms with Crippen molar-refractivity contribution in [3.05, 3.63) is 29.8 Å². The van der Waals surface area contributed by atoms with Gasteiger partial charge in [-0.05, 0) is 66.7 Å². The normalized spacial score (nSPS) is 20.0. The summed E-state index contributed by atoms with van der Waals surface area (Å²) in [5.41, 5.74) is -2.15. The summed E-state index contributed by atoms with van der Waals surface area (Å²) in [6.07, 6.45) is 4.73. The van der Waals surface area contributed by atoms with E-state index in [1.54, 1.807) is 64.8 Å². The minimum atomic E-state index is -1.08. The Labute approximate surface area is 202 Å². The van der Waals surface area contributed by atoms with Crippen molar-refractivity contribution >= 4 is 29.5 Å². The molecule has 1 saturated carbocycles. The number of carbonyl (C=O) groups excluding carboxylic acids is 2. The number of imidazole rings is 1. The number of thiazole rings is 1. The number of aromatic nitrogens is 3. The van der Waals surface area contributed by atoms with Crippen LogP contribution in [0.1, 0.15) is 66.5 Å². The van der Waals surface area contributed by atoms with Crippen molar-refractivity contribution in [1.82, 2.24) is 19.4 Å². The maximum atomic E-state index is 12.6. The van der Waals surface area contributed by atoms with Gasteiger partial charge in [0.05, 0.1) is 5.69 Å². The zero-order valence-electron chi connectivity index (χ0n) is 20.4. The summed E-state index contributed by atoms with van der Waals surface area (Å²) in [5, 5.41) is 12.5. The molecular formula is C23H32N4O6S. The Kier molecular flexibility index (Phi) is 7.07. The van der Waals surface area contributed by atoms with Gasteiger partial charge in [-0.15, -0.1) is 11.3 Å². The molecule has 34 heavy (non-hydrogen) atoms. The van der Waals surface area contributed by atoms with E-state index in [9.17, 15) is 19.5 Å². The molecule has 1 N–H and O–H groups in total. The largest absolute Gasteiger partial charge is 0.481 e. The van der Waals surface area contributed by atoms with Crippen molar-refractivity contribution in [3.8, 4) is 5.13 Å². The lowest BCUT2D eigenvalue weighted by atomic mass is 9.98. The fraction of sp³-hybridized carbons (Fsp3) is 0.609. The van der Waals surface area contributed by atoms with Crippen LogP contribution in [0.5, 0.6) is 0 Å². The summed E-state index contributed by atoms with van der Waals surface area (Å²) in [6.45, 7) is 10.4. The summed E-state index contributed by atoms with van der Waals surface area (Å²) in [5.74, 6) is -1.10. The third-order valence-corrected chi connectivity index (χ3v) is 6.11. The van der Waals surface area contributed by atoms with Gasteiger partial charge in [0.2, 0.25) is 0 Å². The Morgan fingerprint density at radius 2 is 1.76 bits per heavy atom. The zero-order chi connectivity index (χ0) is 25.3. The number of hydrogen-bond acceptors (Lipinski definition) is 8. The molecule has 1 aliphatic carbocycles. The van der Waals surface area contributed by atoms with Crippen LogP contribution in [0.3, 0.4) is 0 Å². The smallest absolute Gasteiger partial charge is 0.419 e. The third-order valence-electron chi connectivity index (χ3n) is 5.33. The lowest BCUT2D eigenvalue weighted by Gasteiger charge is -2.28. The highest BCUT2D eigenvalue weighted by Crippen LogP contribution is 2.56. The number of carboxylic acid groups (broad SMARTS) is 1. The quantitative estimate of drug-likeness (QED) is 0.594. The topological polar surface area (TPSA) is 124 Å². The molecule has 0 saturated heterocycles. The Morgan fingerprint density at radius 1 is 1.15 bits per heavy atom. The summed E-state index contributed by atoms with van der Waals surface area (Å²) in [4.78, 5) is 47.0. The van der Waals surface area contributed by atoms with E-state index >= 15 is 0 Å². The molecule has 2 unspecified atom stereocenters. The summed E-state index contributed by atoms with van der Waals surface area (Å²) in [6, 6.07) is 0. The number of nitrogens with zero attached hydrogens (tertiary/aromatic N) is 4. The summed E-state index contributed by atoms with van der Waals surface area (Å²) in [7, 11) is 0. The predicted octanol–water partition coefficient (Wildman–Crippen LogP) is 4.62. The average molecular weight is 493 g/mol. The second-order valence-corrected chi connectivity index (χ2v) is 11.3. The van der Waals surface area contributed by atoms with Gasteiger partial charge < -0.3 is 14.6 Å². The second kappa shape index (κ2) is 9.36. The van der Waals surface area contributed by atoms with E-state index in [-0.39, 0.29) is 12.5 Å². The predicted molar refractivity (Wildman–Crippen MR) is 125 cm³/mol. The van der Waals surface area contributed by atoms with Crippen LogP contribution in [0.25, 0.3) is 5.13 Å². The highest BCUT2D eigenvalue weighted by atomic mass is 32.1. The Bertz CT molecular complexity index is 1010. The van der Waals surface area contributed by atoms with E-state index in [1.807, 2.05) is 5.38 Å². The standard InChI is InChI=1S/C23H32N4O6S/c1-21(2,3)32-19(30)27(20(31)33-22(4,5)6)10-7-8-15-12-23(15,17(28)29)16-13-26(14-25-16)18-24-9-11-34-18/h9,11,13-15H,7-8,10,12H2,1-6H3,(H,28,29). The first-order valence-electron chi connectivity index (χ1n) is 11.1. The van der Waals surface area contributed by atoms with E-state index in [4.69, 9.17) is 9.47 Å². The first-order chi connectivity index (χ1) is 15.7. The molecule has 10 nitrogen and oxygen atoms in total. The Balaban J connectivity index is 1.67. The molecule has 2 aromatic rings. The average Bonchev–Trinajstić information content (AvgIpc) is 3.06. The van der Waals surface area contributed by atoms with E-state index in [1.165, 1.54) is 11.3 Å². The molecule has 0 radical (unpaired) electrons. The van der Waals surface area contributed by atoms with E-state index in [2.05, 4.69) is 9.97 Å². The molecule has 1 fully saturated rings. The molecule has 0 aliphatic heterocycles. The summed E-state index contributed by atoms with van der Waals surface area (Å²) < 4.78 is 12.5.